The molecule has 5 N–H and O–H groups in total. The molecule has 1 rings (SSSR count). The average molecular weight is 265 g/mol. The first-order valence-electron chi connectivity index (χ1n) is 6.47. The molecule has 0 heterocycles. The Morgan fingerprint density at radius 3 is 2.63 bits per heavy atom. The molecule has 0 fully saturated rings. The molecule has 1 aromatic rings. The number of carbonyl (C=O) groups excluding carboxylic acids is 1. The van der Waals surface area contributed by atoms with Crippen LogP contribution in [-0.2, 0) is 4.79 Å². The second kappa shape index (κ2) is 6.43. The van der Waals surface area contributed by atoms with Crippen LogP contribution in [0.2, 0.25) is 0 Å². The Hall–Kier alpha value is -1.75. The van der Waals surface area contributed by atoms with Crippen LogP contribution in [0.1, 0.15) is 33.6 Å². The molecular weight excluding hydrogens is 242 g/mol. The molecule has 0 atom stereocenters. The molecule has 1 amide bonds. The fraction of sp³-hybridized carbons (Fsp3) is 0.500. The summed E-state index contributed by atoms with van der Waals surface area (Å²) in [4.78, 5) is 11.5. The molecule has 0 saturated carbocycles. The number of nitrogen functional groups attached to an aromatic ring is 1. The van der Waals surface area contributed by atoms with Crippen LogP contribution in [0.3, 0.4) is 0 Å². The second-order valence-corrected chi connectivity index (χ2v) is 5.27. The Balaban J connectivity index is 2.66. The Morgan fingerprint density at radius 1 is 1.42 bits per heavy atom. The third-order valence-electron chi connectivity index (χ3n) is 2.52. The van der Waals surface area contributed by atoms with Gasteiger partial charge in [0.1, 0.15) is 0 Å². The maximum Gasteiger partial charge on any atom is 0.224 e. The van der Waals surface area contributed by atoms with Crippen molar-refractivity contribution in [2.45, 2.75) is 39.2 Å². The molecule has 0 aliphatic heterocycles. The van der Waals surface area contributed by atoms with Crippen LogP contribution >= 0.6 is 0 Å². The van der Waals surface area contributed by atoms with Gasteiger partial charge in [-0.15, -0.1) is 0 Å². The molecule has 0 unspecified atom stereocenters. The van der Waals surface area contributed by atoms with E-state index in [9.17, 15) is 9.90 Å². The van der Waals surface area contributed by atoms with Crippen LogP contribution in [0.4, 0.5) is 17.1 Å². The van der Waals surface area contributed by atoms with Gasteiger partial charge in [-0.1, -0.05) is 6.92 Å². The molecule has 19 heavy (non-hydrogen) atoms. The summed E-state index contributed by atoms with van der Waals surface area (Å²) in [6.45, 7) is 5.79. The number of hydrogen-bond acceptors (Lipinski definition) is 4. The number of anilines is 3. The molecule has 0 spiro atoms. The molecule has 5 heteroatoms. The van der Waals surface area contributed by atoms with Crippen molar-refractivity contribution in [1.29, 1.82) is 0 Å². The number of nitrogens with one attached hydrogen (secondary N) is 2. The summed E-state index contributed by atoms with van der Waals surface area (Å²) in [5, 5.41) is 15.5. The van der Waals surface area contributed by atoms with E-state index in [-0.39, 0.29) is 5.91 Å². The normalized spacial score (nSPS) is 11.2. The summed E-state index contributed by atoms with van der Waals surface area (Å²) in [6.07, 6.45) is 1.31. The molecule has 0 aliphatic carbocycles. The van der Waals surface area contributed by atoms with E-state index in [1.54, 1.807) is 32.0 Å². The van der Waals surface area contributed by atoms with Crippen molar-refractivity contribution < 1.29 is 9.90 Å². The molecule has 0 aliphatic rings. The van der Waals surface area contributed by atoms with Gasteiger partial charge >= 0.3 is 0 Å². The summed E-state index contributed by atoms with van der Waals surface area (Å²) in [6, 6.07) is 5.29. The van der Waals surface area contributed by atoms with Crippen LogP contribution in [0.5, 0.6) is 0 Å². The molecule has 1 aromatic carbocycles. The highest BCUT2D eigenvalue weighted by Crippen LogP contribution is 2.23. The van der Waals surface area contributed by atoms with Gasteiger partial charge in [0.25, 0.3) is 0 Å². The van der Waals surface area contributed by atoms with Crippen molar-refractivity contribution in [1.82, 2.24) is 0 Å². The maximum absolute atomic E-state index is 11.5. The van der Waals surface area contributed by atoms with Crippen molar-refractivity contribution in [3.63, 3.8) is 0 Å². The quantitative estimate of drug-likeness (QED) is 0.594. The van der Waals surface area contributed by atoms with E-state index in [0.717, 1.165) is 12.1 Å². The minimum Gasteiger partial charge on any atom is -0.397 e. The zero-order valence-corrected chi connectivity index (χ0v) is 11.8. The molecule has 0 radical (unpaired) electrons. The van der Waals surface area contributed by atoms with Gasteiger partial charge in [0.05, 0.1) is 17.0 Å². The Labute approximate surface area is 114 Å². The largest absolute Gasteiger partial charge is 0.397 e. The number of amides is 1. The van der Waals surface area contributed by atoms with Gasteiger partial charge in [0.15, 0.2) is 0 Å². The van der Waals surface area contributed by atoms with E-state index >= 15 is 0 Å². The SMILES string of the molecule is CCCC(=O)Nc1ccc(NCC(C)(C)O)c(N)c1. The lowest BCUT2D eigenvalue weighted by atomic mass is 10.1. The Kier molecular flexibility index (Phi) is 5.18. The standard InChI is InChI=1S/C14H23N3O2/c1-4-5-13(18)17-10-6-7-12(11(15)8-10)16-9-14(2,3)19/h6-8,16,19H,4-5,9,15H2,1-3H3,(H,17,18). The number of benzene rings is 1. The van der Waals surface area contributed by atoms with Crippen molar-refractivity contribution in [2.24, 2.45) is 0 Å². The first-order chi connectivity index (χ1) is 8.81. The van der Waals surface area contributed by atoms with Crippen LogP contribution in [0, 0.1) is 0 Å². The minimum absolute atomic E-state index is 0.0147. The monoisotopic (exact) mass is 265 g/mol. The van der Waals surface area contributed by atoms with Crippen LogP contribution in [0.25, 0.3) is 0 Å². The summed E-state index contributed by atoms with van der Waals surface area (Å²) < 4.78 is 0. The van der Waals surface area contributed by atoms with E-state index < -0.39 is 5.60 Å². The number of rotatable bonds is 6. The molecule has 0 aromatic heterocycles. The predicted octanol–water partition coefficient (Wildman–Crippen LogP) is 2.19. The first kappa shape index (κ1) is 15.3. The molecule has 5 nitrogen and oxygen atoms in total. The van der Waals surface area contributed by atoms with Crippen LogP contribution < -0.4 is 16.4 Å². The fourth-order valence-electron chi connectivity index (χ4n) is 1.56. The van der Waals surface area contributed by atoms with Crippen LogP contribution in [0.15, 0.2) is 18.2 Å². The maximum atomic E-state index is 11.5. The molecule has 0 bridgehead atoms. The zero-order chi connectivity index (χ0) is 14.5. The molecular formula is C14H23N3O2. The lowest BCUT2D eigenvalue weighted by Crippen LogP contribution is -2.29. The zero-order valence-electron chi connectivity index (χ0n) is 11.8. The van der Waals surface area contributed by atoms with Gasteiger partial charge in [-0.3, -0.25) is 4.79 Å². The third-order valence-corrected chi connectivity index (χ3v) is 2.52. The molecule has 0 saturated heterocycles. The number of nitrogens with two attached hydrogens (primary N) is 1. The third kappa shape index (κ3) is 5.61. The Morgan fingerprint density at radius 2 is 2.11 bits per heavy atom. The fourth-order valence-corrected chi connectivity index (χ4v) is 1.56. The van der Waals surface area contributed by atoms with E-state index in [2.05, 4.69) is 10.6 Å². The predicted molar refractivity (Wildman–Crippen MR) is 79.2 cm³/mol. The van der Waals surface area contributed by atoms with Gasteiger partial charge in [0, 0.05) is 18.7 Å². The lowest BCUT2D eigenvalue weighted by Gasteiger charge is -2.19. The van der Waals surface area contributed by atoms with Crippen molar-refractivity contribution in [3.05, 3.63) is 18.2 Å². The summed E-state index contributed by atoms with van der Waals surface area (Å²) in [5.74, 6) is -0.0147. The summed E-state index contributed by atoms with van der Waals surface area (Å²) in [5.41, 5.74) is 7.07. The topological polar surface area (TPSA) is 87.4 Å². The first-order valence-corrected chi connectivity index (χ1v) is 6.47. The van der Waals surface area contributed by atoms with Gasteiger partial charge in [-0.2, -0.15) is 0 Å². The van der Waals surface area contributed by atoms with Gasteiger partial charge in [0.2, 0.25) is 5.91 Å². The highest BCUT2D eigenvalue weighted by Gasteiger charge is 2.12. The number of aliphatic hydroxyl groups is 1. The van der Waals surface area contributed by atoms with E-state index in [0.29, 0.717) is 24.3 Å². The average Bonchev–Trinajstić information content (AvgIpc) is 2.26. The summed E-state index contributed by atoms with van der Waals surface area (Å²) >= 11 is 0. The van der Waals surface area contributed by atoms with Crippen molar-refractivity contribution in [2.75, 3.05) is 22.9 Å². The van der Waals surface area contributed by atoms with Crippen molar-refractivity contribution in [3.8, 4) is 0 Å². The highest BCUT2D eigenvalue weighted by atomic mass is 16.3. The van der Waals surface area contributed by atoms with Gasteiger partial charge in [-0.25, -0.2) is 0 Å². The lowest BCUT2D eigenvalue weighted by molar-refractivity contribution is -0.116. The van der Waals surface area contributed by atoms with E-state index in [1.165, 1.54) is 0 Å². The molecule has 106 valence electrons. The number of hydrogen-bond donors (Lipinski definition) is 4. The minimum atomic E-state index is -0.805. The summed E-state index contributed by atoms with van der Waals surface area (Å²) in [7, 11) is 0. The Bertz CT molecular complexity index is 439. The van der Waals surface area contributed by atoms with Gasteiger partial charge < -0.3 is 21.5 Å². The second-order valence-electron chi connectivity index (χ2n) is 5.27. The number of carbonyl (C=O) groups is 1. The van der Waals surface area contributed by atoms with E-state index in [4.69, 9.17) is 5.73 Å². The van der Waals surface area contributed by atoms with Crippen LogP contribution in [-0.4, -0.2) is 23.2 Å². The van der Waals surface area contributed by atoms with E-state index in [1.807, 2.05) is 6.92 Å². The highest BCUT2D eigenvalue weighted by molar-refractivity contribution is 5.91. The van der Waals surface area contributed by atoms with Crippen molar-refractivity contribution >= 4 is 23.0 Å². The van der Waals surface area contributed by atoms with Gasteiger partial charge in [-0.05, 0) is 38.5 Å². The smallest absolute Gasteiger partial charge is 0.224 e.